The molecule has 0 radical (unpaired) electrons. The molecule has 0 amide bonds. The van der Waals surface area contributed by atoms with Gasteiger partial charge in [-0.2, -0.15) is 0 Å². The van der Waals surface area contributed by atoms with Gasteiger partial charge in [-0.1, -0.05) is 200 Å². The Morgan fingerprint density at radius 2 is 0.778 bits per heavy atom. The number of hydrogen-bond acceptors (Lipinski definition) is 3. The van der Waals surface area contributed by atoms with E-state index in [0.717, 1.165) is 82.3 Å². The van der Waals surface area contributed by atoms with Crippen LogP contribution in [0.4, 0.5) is 0 Å². The molecule has 9 aromatic carbocycles. The highest BCUT2D eigenvalue weighted by atomic mass is 28.3. The van der Waals surface area contributed by atoms with Gasteiger partial charge in [0.05, 0.1) is 16.7 Å². The van der Waals surface area contributed by atoms with Crippen molar-refractivity contribution in [3.8, 4) is 50.7 Å². The van der Waals surface area contributed by atoms with E-state index in [0.29, 0.717) is 0 Å². The molecular weight excluding hydrogens is 889 g/mol. The largest absolute Gasteiger partial charge is 0.309 e. The highest BCUT2D eigenvalue weighted by Crippen LogP contribution is 2.60. The lowest BCUT2D eigenvalue weighted by Gasteiger charge is -2.56. The zero-order valence-electron chi connectivity index (χ0n) is 40.3. The first-order valence-corrected chi connectivity index (χ1v) is 27.9. The van der Waals surface area contributed by atoms with E-state index in [1.807, 2.05) is 0 Å². The zero-order valence-corrected chi connectivity index (χ0v) is 41.3. The van der Waals surface area contributed by atoms with Crippen molar-refractivity contribution >= 4 is 50.6 Å². The molecule has 2 aromatic heterocycles. The van der Waals surface area contributed by atoms with Crippen LogP contribution in [-0.4, -0.2) is 27.6 Å². The molecule has 72 heavy (non-hydrogen) atoms. The number of rotatable bonds is 10. The maximum absolute atomic E-state index is 5.88. The van der Waals surface area contributed by atoms with Crippen molar-refractivity contribution in [1.29, 1.82) is 0 Å². The molecule has 4 saturated carbocycles. The Kier molecular flexibility index (Phi) is 10.4. The third-order valence-corrected chi connectivity index (χ3v) is 21.5. The molecule has 346 valence electrons. The summed E-state index contributed by atoms with van der Waals surface area (Å²) in [6.45, 7) is 0. The Bertz CT molecular complexity index is 3530. The standard InChI is InChI=1S/C67H54N4Si/c1-7-19-49(20-8-1)52-31-34-61-58(40-52)59-41-53(50-21-9-2-10-22-50)32-35-62(59)71(61)63-36-33-57(72(54-25-13-4-14-26-54,55-27-15-5-16-28-55)56-29-17-6-18-30-56)42-60(63)65-68-64(51-23-11-3-12-24-51)69-66(70-65)67-43-46-37-47(44-67)39-48(38-46)45-67/h1-36,40-42,46-48H,37-39,43-45H2. The van der Waals surface area contributed by atoms with E-state index in [4.69, 9.17) is 15.0 Å². The van der Waals surface area contributed by atoms with Crippen LogP contribution in [0.25, 0.3) is 72.5 Å². The summed E-state index contributed by atoms with van der Waals surface area (Å²) in [4.78, 5) is 17.1. The molecule has 0 spiro atoms. The van der Waals surface area contributed by atoms with Crippen LogP contribution in [-0.2, 0) is 5.41 Å². The predicted molar refractivity (Wildman–Crippen MR) is 299 cm³/mol. The molecular formula is C67H54N4Si. The lowest BCUT2D eigenvalue weighted by molar-refractivity contribution is -0.00938. The van der Waals surface area contributed by atoms with Gasteiger partial charge in [-0.15, -0.1) is 0 Å². The summed E-state index contributed by atoms with van der Waals surface area (Å²) in [5, 5.41) is 7.67. The summed E-state index contributed by atoms with van der Waals surface area (Å²) in [6, 6.07) is 87.3. The summed E-state index contributed by atoms with van der Waals surface area (Å²) in [6.07, 6.45) is 7.55. The quantitative estimate of drug-likeness (QED) is 0.101. The van der Waals surface area contributed by atoms with E-state index in [2.05, 4.69) is 241 Å². The van der Waals surface area contributed by atoms with E-state index < -0.39 is 8.07 Å². The van der Waals surface area contributed by atoms with Crippen LogP contribution in [0.2, 0.25) is 0 Å². The van der Waals surface area contributed by atoms with Crippen molar-refractivity contribution in [2.75, 3.05) is 0 Å². The van der Waals surface area contributed by atoms with Crippen molar-refractivity contribution in [1.82, 2.24) is 19.5 Å². The van der Waals surface area contributed by atoms with Gasteiger partial charge in [-0.3, -0.25) is 0 Å². The van der Waals surface area contributed by atoms with Crippen LogP contribution in [0.5, 0.6) is 0 Å². The van der Waals surface area contributed by atoms with Crippen LogP contribution >= 0.6 is 0 Å². The summed E-state index contributed by atoms with van der Waals surface area (Å²) in [7, 11) is -3.00. The highest BCUT2D eigenvalue weighted by Gasteiger charge is 2.53. The zero-order chi connectivity index (χ0) is 47.6. The fraction of sp³-hybridized carbons (Fsp3) is 0.149. The lowest BCUT2D eigenvalue weighted by atomic mass is 9.49. The number of fused-ring (bicyclic) bond motifs is 3. The predicted octanol–water partition coefficient (Wildman–Crippen LogP) is 13.5. The Hall–Kier alpha value is -7.99. The van der Waals surface area contributed by atoms with Crippen molar-refractivity contribution in [2.24, 2.45) is 17.8 Å². The minimum Gasteiger partial charge on any atom is -0.309 e. The second kappa shape index (κ2) is 17.4. The van der Waals surface area contributed by atoms with E-state index >= 15 is 0 Å². The van der Waals surface area contributed by atoms with E-state index in [-0.39, 0.29) is 5.41 Å². The van der Waals surface area contributed by atoms with Gasteiger partial charge in [0.2, 0.25) is 0 Å². The molecule has 0 atom stereocenters. The molecule has 0 N–H and O–H groups in total. The van der Waals surface area contributed by atoms with Gasteiger partial charge in [0.15, 0.2) is 19.7 Å². The van der Waals surface area contributed by atoms with Crippen LogP contribution < -0.4 is 20.7 Å². The van der Waals surface area contributed by atoms with Gasteiger partial charge in [0, 0.05) is 27.3 Å². The first-order valence-electron chi connectivity index (χ1n) is 25.9. The molecule has 15 rings (SSSR count). The maximum Gasteiger partial charge on any atom is 0.179 e. The molecule has 0 saturated heterocycles. The molecule has 0 aliphatic heterocycles. The fourth-order valence-corrected chi connectivity index (χ4v) is 18.7. The lowest BCUT2D eigenvalue weighted by Crippen LogP contribution is -2.74. The second-order valence-corrected chi connectivity index (χ2v) is 24.8. The first kappa shape index (κ1) is 42.8. The van der Waals surface area contributed by atoms with Gasteiger partial charge in [-0.25, -0.2) is 15.0 Å². The van der Waals surface area contributed by atoms with Gasteiger partial charge >= 0.3 is 0 Å². The number of hydrogen-bond donors (Lipinski definition) is 0. The van der Waals surface area contributed by atoms with E-state index in [1.165, 1.54) is 73.0 Å². The third kappa shape index (κ3) is 7.12. The first-order chi connectivity index (χ1) is 35.6. The number of aromatic nitrogens is 4. The van der Waals surface area contributed by atoms with Crippen molar-refractivity contribution in [2.45, 2.75) is 43.9 Å². The molecule has 4 nitrogen and oxygen atoms in total. The third-order valence-electron chi connectivity index (χ3n) is 16.7. The SMILES string of the molecule is c1ccc(-c2ccc3c(c2)c2cc(-c4ccccc4)ccc2n3-c2ccc([Si](c3ccccc3)(c3ccccc3)c3ccccc3)cc2-c2nc(-c3ccccc3)nc(C34CC5CC(CC(C5)C3)C4)n2)cc1. The summed E-state index contributed by atoms with van der Waals surface area (Å²) in [5.74, 6) is 4.70. The van der Waals surface area contributed by atoms with Gasteiger partial charge in [0.25, 0.3) is 0 Å². The van der Waals surface area contributed by atoms with Gasteiger partial charge < -0.3 is 4.57 Å². The van der Waals surface area contributed by atoms with Crippen LogP contribution in [0, 0.1) is 17.8 Å². The number of nitrogens with zero attached hydrogens (tertiary/aromatic N) is 4. The highest BCUT2D eigenvalue weighted by molar-refractivity contribution is 7.19. The molecule has 4 fully saturated rings. The average Bonchev–Trinajstić information content (AvgIpc) is 3.77. The van der Waals surface area contributed by atoms with E-state index in [9.17, 15) is 0 Å². The Labute approximate surface area is 422 Å². The normalized spacial score (nSPS) is 19.2. The average molecular weight is 943 g/mol. The van der Waals surface area contributed by atoms with Gasteiger partial charge in [0.1, 0.15) is 5.82 Å². The molecule has 5 heteroatoms. The van der Waals surface area contributed by atoms with Crippen molar-refractivity contribution < 1.29 is 0 Å². The number of benzene rings is 9. The molecule has 2 heterocycles. The second-order valence-electron chi connectivity index (χ2n) is 21.0. The minimum atomic E-state index is -3.00. The van der Waals surface area contributed by atoms with Crippen LogP contribution in [0.15, 0.2) is 237 Å². The molecule has 0 unspecified atom stereocenters. The van der Waals surface area contributed by atoms with Crippen LogP contribution in [0.1, 0.15) is 44.3 Å². The van der Waals surface area contributed by atoms with Crippen LogP contribution in [0.3, 0.4) is 0 Å². The maximum atomic E-state index is 5.88. The molecule has 11 aromatic rings. The molecule has 4 aliphatic carbocycles. The monoisotopic (exact) mass is 942 g/mol. The minimum absolute atomic E-state index is 0.0567. The van der Waals surface area contributed by atoms with Gasteiger partial charge in [-0.05, 0) is 136 Å². The smallest absolute Gasteiger partial charge is 0.179 e. The Morgan fingerprint density at radius 3 is 1.24 bits per heavy atom. The van der Waals surface area contributed by atoms with E-state index in [1.54, 1.807) is 0 Å². The van der Waals surface area contributed by atoms with Crippen molar-refractivity contribution in [3.63, 3.8) is 0 Å². The Balaban J connectivity index is 1.09. The summed E-state index contributed by atoms with van der Waals surface area (Å²) < 4.78 is 2.50. The Morgan fingerprint density at radius 1 is 0.361 bits per heavy atom. The van der Waals surface area contributed by atoms with Crippen molar-refractivity contribution in [3.05, 3.63) is 242 Å². The molecule has 4 aliphatic rings. The fourth-order valence-electron chi connectivity index (χ4n) is 13.9. The summed E-state index contributed by atoms with van der Waals surface area (Å²) in [5.41, 5.74) is 10.1. The summed E-state index contributed by atoms with van der Waals surface area (Å²) >= 11 is 0. The topological polar surface area (TPSA) is 43.6 Å². The molecule has 4 bridgehead atoms.